The molecule has 0 aliphatic carbocycles. The third-order valence-corrected chi connectivity index (χ3v) is 3.47. The van der Waals surface area contributed by atoms with Crippen LogP contribution in [-0.2, 0) is 13.9 Å². The van der Waals surface area contributed by atoms with Crippen LogP contribution < -0.4 is 5.32 Å². The Morgan fingerprint density at radius 3 is 3.07 bits per heavy atom. The molecule has 1 aliphatic rings. The van der Waals surface area contributed by atoms with E-state index in [0.29, 0.717) is 25.3 Å². The minimum Gasteiger partial charge on any atom is -0.447 e. The van der Waals surface area contributed by atoms with Crippen molar-refractivity contribution in [1.82, 2.24) is 5.32 Å². The van der Waals surface area contributed by atoms with Crippen LogP contribution in [-0.4, -0.2) is 48.8 Å². The molecule has 0 aromatic carbocycles. The van der Waals surface area contributed by atoms with Crippen molar-refractivity contribution in [2.75, 3.05) is 26.9 Å². The first kappa shape index (κ1) is 12.5. The van der Waals surface area contributed by atoms with Gasteiger partial charge >= 0.3 is 6.09 Å². The summed E-state index contributed by atoms with van der Waals surface area (Å²) in [6.07, 6.45) is 0.738. The van der Waals surface area contributed by atoms with Crippen LogP contribution >= 0.6 is 0 Å². The van der Waals surface area contributed by atoms with E-state index < -0.39 is 9.76 Å². The standard InChI is InChI=1S/C9H19NO4Si/c1-7(15-12-2)3-4-10-9(11)14-6-8-5-13-8/h7-8H,3-6,15H2,1-2H3,(H,10,11). The van der Waals surface area contributed by atoms with Gasteiger partial charge in [0.15, 0.2) is 9.76 Å². The van der Waals surface area contributed by atoms with E-state index in [-0.39, 0.29) is 12.2 Å². The molecule has 1 N–H and O–H groups in total. The van der Waals surface area contributed by atoms with Crippen LogP contribution in [0.15, 0.2) is 0 Å². The van der Waals surface area contributed by atoms with Crippen molar-refractivity contribution in [2.45, 2.75) is 25.0 Å². The highest BCUT2D eigenvalue weighted by Crippen LogP contribution is 2.08. The fourth-order valence-corrected chi connectivity index (χ4v) is 2.11. The molecule has 1 saturated heterocycles. The Morgan fingerprint density at radius 1 is 1.73 bits per heavy atom. The fraction of sp³-hybridized carbons (Fsp3) is 0.889. The van der Waals surface area contributed by atoms with Gasteiger partial charge in [0, 0.05) is 13.7 Å². The first-order chi connectivity index (χ1) is 7.22. The summed E-state index contributed by atoms with van der Waals surface area (Å²) in [5, 5.41) is 2.71. The number of epoxide rings is 1. The average molecular weight is 233 g/mol. The molecular weight excluding hydrogens is 214 g/mol. The summed E-state index contributed by atoms with van der Waals surface area (Å²) >= 11 is 0. The zero-order valence-corrected chi connectivity index (χ0v) is 10.7. The van der Waals surface area contributed by atoms with Crippen molar-refractivity contribution >= 4 is 15.9 Å². The van der Waals surface area contributed by atoms with Gasteiger partial charge in [-0.1, -0.05) is 6.92 Å². The molecule has 2 unspecified atom stereocenters. The number of amides is 1. The second kappa shape index (κ2) is 6.81. The lowest BCUT2D eigenvalue weighted by atomic mass is 10.3. The Kier molecular flexibility index (Phi) is 5.67. The largest absolute Gasteiger partial charge is 0.447 e. The number of rotatable bonds is 7. The lowest BCUT2D eigenvalue weighted by molar-refractivity contribution is 0.136. The van der Waals surface area contributed by atoms with E-state index in [2.05, 4.69) is 12.2 Å². The van der Waals surface area contributed by atoms with E-state index in [9.17, 15) is 4.79 Å². The topological polar surface area (TPSA) is 60.1 Å². The van der Waals surface area contributed by atoms with Crippen LogP contribution in [0.5, 0.6) is 0 Å². The molecule has 1 aliphatic heterocycles. The second-order valence-corrected chi connectivity index (χ2v) is 6.13. The third kappa shape index (κ3) is 6.48. The molecule has 0 bridgehead atoms. The quantitative estimate of drug-likeness (QED) is 0.498. The molecule has 1 heterocycles. The van der Waals surface area contributed by atoms with Crippen LogP contribution in [0.25, 0.3) is 0 Å². The SMILES string of the molecule is CO[SiH2]C(C)CCNC(=O)OCC1CO1. The van der Waals surface area contributed by atoms with Crippen molar-refractivity contribution in [3.05, 3.63) is 0 Å². The highest BCUT2D eigenvalue weighted by molar-refractivity contribution is 6.29. The molecule has 0 radical (unpaired) electrons. The summed E-state index contributed by atoms with van der Waals surface area (Å²) in [7, 11) is 1.31. The van der Waals surface area contributed by atoms with Crippen molar-refractivity contribution < 1.29 is 18.7 Å². The number of hydrogen-bond acceptors (Lipinski definition) is 4. The van der Waals surface area contributed by atoms with Gasteiger partial charge in [0.1, 0.15) is 12.7 Å². The van der Waals surface area contributed by atoms with Gasteiger partial charge < -0.3 is 19.2 Å². The molecule has 2 atom stereocenters. The highest BCUT2D eigenvalue weighted by atomic mass is 28.2. The van der Waals surface area contributed by atoms with E-state index in [1.54, 1.807) is 7.11 Å². The van der Waals surface area contributed by atoms with Crippen molar-refractivity contribution in [3.8, 4) is 0 Å². The predicted octanol–water partition coefficient (Wildman–Crippen LogP) is 0.0401. The Labute approximate surface area is 92.4 Å². The summed E-state index contributed by atoms with van der Waals surface area (Å²) in [5.41, 5.74) is 0.585. The fourth-order valence-electron chi connectivity index (χ4n) is 1.17. The first-order valence-corrected chi connectivity index (χ1v) is 6.63. The first-order valence-electron chi connectivity index (χ1n) is 5.23. The lowest BCUT2D eigenvalue weighted by Gasteiger charge is -2.10. The van der Waals surface area contributed by atoms with Gasteiger partial charge in [-0.3, -0.25) is 0 Å². The molecule has 0 aromatic heterocycles. The Hall–Kier alpha value is -0.593. The third-order valence-electron chi connectivity index (χ3n) is 2.16. The molecular formula is C9H19NO4Si. The maximum Gasteiger partial charge on any atom is 0.407 e. The normalized spacial score (nSPS) is 21.6. The van der Waals surface area contributed by atoms with Gasteiger partial charge in [0.05, 0.1) is 6.61 Å². The highest BCUT2D eigenvalue weighted by Gasteiger charge is 2.24. The van der Waals surface area contributed by atoms with Crippen molar-refractivity contribution in [3.63, 3.8) is 0 Å². The lowest BCUT2D eigenvalue weighted by Crippen LogP contribution is -2.27. The minimum atomic E-state index is -0.425. The maximum atomic E-state index is 11.1. The molecule has 0 saturated carbocycles. The molecule has 6 heteroatoms. The van der Waals surface area contributed by atoms with Crippen LogP contribution in [0.3, 0.4) is 0 Å². The molecule has 0 spiro atoms. The van der Waals surface area contributed by atoms with Gasteiger partial charge in [-0.25, -0.2) is 4.79 Å². The van der Waals surface area contributed by atoms with Crippen LogP contribution in [0, 0.1) is 0 Å². The number of ether oxygens (including phenoxy) is 2. The van der Waals surface area contributed by atoms with Gasteiger partial charge in [-0.05, 0) is 12.0 Å². The van der Waals surface area contributed by atoms with Gasteiger partial charge in [-0.15, -0.1) is 0 Å². The van der Waals surface area contributed by atoms with E-state index in [1.807, 2.05) is 0 Å². The maximum absolute atomic E-state index is 11.1. The molecule has 0 aromatic rings. The summed E-state index contributed by atoms with van der Waals surface area (Å²) in [6.45, 7) is 3.88. The monoisotopic (exact) mass is 233 g/mol. The smallest absolute Gasteiger partial charge is 0.407 e. The van der Waals surface area contributed by atoms with E-state index in [0.717, 1.165) is 6.42 Å². The molecule has 88 valence electrons. The van der Waals surface area contributed by atoms with Crippen LogP contribution in [0.4, 0.5) is 4.79 Å². The van der Waals surface area contributed by atoms with E-state index in [4.69, 9.17) is 13.9 Å². The zero-order valence-electron chi connectivity index (χ0n) is 9.32. The zero-order chi connectivity index (χ0) is 11.1. The van der Waals surface area contributed by atoms with Crippen molar-refractivity contribution in [2.24, 2.45) is 0 Å². The predicted molar refractivity (Wildman–Crippen MR) is 58.7 cm³/mol. The van der Waals surface area contributed by atoms with Crippen LogP contribution in [0.1, 0.15) is 13.3 Å². The average Bonchev–Trinajstić information content (AvgIpc) is 2.98. The van der Waals surface area contributed by atoms with Crippen LogP contribution in [0.2, 0.25) is 5.54 Å². The second-order valence-electron chi connectivity index (χ2n) is 3.83. The number of carbonyl (C=O) groups excluding carboxylic acids is 1. The summed E-state index contributed by atoms with van der Waals surface area (Å²) < 4.78 is 15.0. The molecule has 15 heavy (non-hydrogen) atoms. The molecule has 1 amide bonds. The Bertz CT molecular complexity index is 199. The number of nitrogens with one attached hydrogen (secondary N) is 1. The molecule has 1 rings (SSSR count). The van der Waals surface area contributed by atoms with Gasteiger partial charge in [0.25, 0.3) is 0 Å². The Morgan fingerprint density at radius 2 is 2.47 bits per heavy atom. The molecule has 1 fully saturated rings. The number of carbonyl (C=O) groups is 1. The number of alkyl carbamates (subject to hydrolysis) is 1. The Balaban J connectivity index is 1.91. The van der Waals surface area contributed by atoms with Crippen molar-refractivity contribution in [1.29, 1.82) is 0 Å². The minimum absolute atomic E-state index is 0.135. The van der Waals surface area contributed by atoms with Gasteiger partial charge in [-0.2, -0.15) is 0 Å². The van der Waals surface area contributed by atoms with Gasteiger partial charge in [0.2, 0.25) is 0 Å². The van der Waals surface area contributed by atoms with E-state index in [1.165, 1.54) is 0 Å². The number of hydrogen-bond donors (Lipinski definition) is 1. The summed E-state index contributed by atoms with van der Waals surface area (Å²) in [5.74, 6) is 0. The summed E-state index contributed by atoms with van der Waals surface area (Å²) in [4.78, 5) is 11.1. The molecule has 5 nitrogen and oxygen atoms in total. The van der Waals surface area contributed by atoms with E-state index >= 15 is 0 Å². The summed E-state index contributed by atoms with van der Waals surface area (Å²) in [6, 6.07) is 0.